The Morgan fingerprint density at radius 2 is 1.84 bits per heavy atom. The normalized spacial score (nSPS) is 10.8. The molecule has 2 aromatic carbocycles. The number of thioether (sulfide) groups is 1. The van der Waals surface area contributed by atoms with E-state index < -0.39 is 5.82 Å². The highest BCUT2D eigenvalue weighted by molar-refractivity contribution is 9.10. The van der Waals surface area contributed by atoms with Crippen molar-refractivity contribution in [2.75, 3.05) is 11.1 Å². The smallest absolute Gasteiger partial charge is 0.234 e. The molecule has 0 radical (unpaired) electrons. The fraction of sp³-hybridized carbons (Fsp3) is 0.0909. The molecule has 0 aliphatic heterocycles. The van der Waals surface area contributed by atoms with Gasteiger partial charge in [0.25, 0.3) is 0 Å². The lowest BCUT2D eigenvalue weighted by Crippen LogP contribution is -2.15. The summed E-state index contributed by atoms with van der Waals surface area (Å²) in [5.74, 6) is -0.144. The Morgan fingerprint density at radius 3 is 2.55 bits per heavy atom. The van der Waals surface area contributed by atoms with Crippen LogP contribution in [0.3, 0.4) is 0 Å². The molecule has 4 aromatic rings. The lowest BCUT2D eigenvalue weighted by Gasteiger charge is -2.11. The first-order valence-electron chi connectivity index (χ1n) is 9.32. The minimum absolute atomic E-state index is 0.0514. The number of nitrogens with zero attached hydrogens (tertiary/aromatic N) is 4. The van der Waals surface area contributed by atoms with Crippen LogP contribution >= 0.6 is 27.7 Å². The fourth-order valence-corrected chi connectivity index (χ4v) is 3.97. The predicted molar refractivity (Wildman–Crippen MR) is 123 cm³/mol. The molecule has 156 valence electrons. The Labute approximate surface area is 191 Å². The zero-order valence-electron chi connectivity index (χ0n) is 16.4. The number of amides is 1. The third-order valence-corrected chi connectivity index (χ3v) is 5.82. The van der Waals surface area contributed by atoms with Crippen molar-refractivity contribution in [1.82, 2.24) is 19.7 Å². The number of pyridine rings is 1. The van der Waals surface area contributed by atoms with Crippen LogP contribution in [0, 0.1) is 12.7 Å². The fourth-order valence-electron chi connectivity index (χ4n) is 2.89. The highest BCUT2D eigenvalue weighted by atomic mass is 79.9. The van der Waals surface area contributed by atoms with Gasteiger partial charge in [-0.25, -0.2) is 4.39 Å². The highest BCUT2D eigenvalue weighted by Crippen LogP contribution is 2.28. The SMILES string of the molecule is Cc1ccc(-n2c(SCC(=O)Nc3ccc(Br)cc3F)nnc2-c2ccncc2)cc1. The summed E-state index contributed by atoms with van der Waals surface area (Å²) in [6.45, 7) is 2.01. The van der Waals surface area contributed by atoms with Crippen molar-refractivity contribution < 1.29 is 9.18 Å². The zero-order chi connectivity index (χ0) is 21.8. The van der Waals surface area contributed by atoms with E-state index in [9.17, 15) is 9.18 Å². The summed E-state index contributed by atoms with van der Waals surface area (Å²) >= 11 is 4.43. The average Bonchev–Trinajstić information content (AvgIpc) is 3.19. The van der Waals surface area contributed by atoms with E-state index >= 15 is 0 Å². The Balaban J connectivity index is 1.58. The molecule has 1 amide bonds. The molecule has 0 unspecified atom stereocenters. The molecule has 31 heavy (non-hydrogen) atoms. The number of hydrogen-bond acceptors (Lipinski definition) is 5. The van der Waals surface area contributed by atoms with Crippen LogP contribution in [0.15, 0.2) is 76.6 Å². The number of carbonyl (C=O) groups excluding carboxylic acids is 1. The third-order valence-electron chi connectivity index (χ3n) is 4.40. The van der Waals surface area contributed by atoms with Crippen molar-refractivity contribution in [3.05, 3.63) is 82.8 Å². The van der Waals surface area contributed by atoms with E-state index in [0.717, 1.165) is 16.8 Å². The maximum atomic E-state index is 14.0. The van der Waals surface area contributed by atoms with Crippen molar-refractivity contribution in [2.45, 2.75) is 12.1 Å². The van der Waals surface area contributed by atoms with E-state index in [0.29, 0.717) is 15.5 Å². The highest BCUT2D eigenvalue weighted by Gasteiger charge is 2.18. The van der Waals surface area contributed by atoms with E-state index in [-0.39, 0.29) is 17.3 Å². The van der Waals surface area contributed by atoms with Crippen LogP contribution < -0.4 is 5.32 Å². The largest absolute Gasteiger partial charge is 0.323 e. The molecule has 0 fully saturated rings. The lowest BCUT2D eigenvalue weighted by atomic mass is 10.2. The second-order valence-corrected chi connectivity index (χ2v) is 8.53. The van der Waals surface area contributed by atoms with Crippen molar-refractivity contribution >= 4 is 39.3 Å². The van der Waals surface area contributed by atoms with Crippen LogP contribution in [0.5, 0.6) is 0 Å². The van der Waals surface area contributed by atoms with E-state index in [4.69, 9.17) is 0 Å². The van der Waals surface area contributed by atoms with Gasteiger partial charge in [-0.1, -0.05) is 45.4 Å². The summed E-state index contributed by atoms with van der Waals surface area (Å²) in [7, 11) is 0. The number of benzene rings is 2. The van der Waals surface area contributed by atoms with Gasteiger partial charge < -0.3 is 5.32 Å². The van der Waals surface area contributed by atoms with Crippen LogP contribution in [0.1, 0.15) is 5.56 Å². The van der Waals surface area contributed by atoms with E-state index in [1.165, 1.54) is 23.9 Å². The van der Waals surface area contributed by atoms with E-state index in [1.807, 2.05) is 47.9 Å². The third kappa shape index (κ3) is 5.00. The van der Waals surface area contributed by atoms with Crippen LogP contribution in [0.4, 0.5) is 10.1 Å². The number of carbonyl (C=O) groups is 1. The maximum absolute atomic E-state index is 14.0. The lowest BCUT2D eigenvalue weighted by molar-refractivity contribution is -0.113. The molecule has 0 atom stereocenters. The number of halogens is 2. The summed E-state index contributed by atoms with van der Waals surface area (Å²) in [6.07, 6.45) is 3.38. The Hall–Kier alpha value is -3.04. The monoisotopic (exact) mass is 497 g/mol. The van der Waals surface area contributed by atoms with Gasteiger partial charge >= 0.3 is 0 Å². The van der Waals surface area contributed by atoms with Gasteiger partial charge in [-0.2, -0.15) is 0 Å². The summed E-state index contributed by atoms with van der Waals surface area (Å²) < 4.78 is 16.5. The number of hydrogen-bond donors (Lipinski definition) is 1. The molecule has 2 heterocycles. The molecule has 0 saturated carbocycles. The quantitative estimate of drug-likeness (QED) is 0.367. The van der Waals surface area contributed by atoms with Gasteiger partial charge in [0.05, 0.1) is 11.4 Å². The van der Waals surface area contributed by atoms with Crippen LogP contribution in [-0.4, -0.2) is 31.4 Å². The predicted octanol–water partition coefficient (Wildman–Crippen LogP) is 5.27. The topological polar surface area (TPSA) is 72.7 Å². The maximum Gasteiger partial charge on any atom is 0.234 e. The first-order valence-corrected chi connectivity index (χ1v) is 11.1. The van der Waals surface area contributed by atoms with E-state index in [1.54, 1.807) is 18.5 Å². The number of aryl methyl sites for hydroxylation is 1. The second-order valence-electron chi connectivity index (χ2n) is 6.67. The minimum Gasteiger partial charge on any atom is -0.323 e. The van der Waals surface area contributed by atoms with E-state index in [2.05, 4.69) is 36.4 Å². The van der Waals surface area contributed by atoms with Gasteiger partial charge in [0.2, 0.25) is 5.91 Å². The second kappa shape index (κ2) is 9.40. The number of nitrogens with one attached hydrogen (secondary N) is 1. The zero-order valence-corrected chi connectivity index (χ0v) is 18.8. The summed E-state index contributed by atoms with van der Waals surface area (Å²) in [5, 5.41) is 11.8. The Morgan fingerprint density at radius 1 is 1.10 bits per heavy atom. The van der Waals surface area contributed by atoms with Crippen LogP contribution in [-0.2, 0) is 4.79 Å². The molecule has 0 saturated heterocycles. The Kier molecular flexibility index (Phi) is 6.43. The van der Waals surface area contributed by atoms with Gasteiger partial charge in [-0.05, 0) is 49.4 Å². The van der Waals surface area contributed by atoms with Gasteiger partial charge in [0.15, 0.2) is 11.0 Å². The number of aromatic nitrogens is 4. The van der Waals surface area contributed by atoms with Gasteiger partial charge in [0, 0.05) is 28.1 Å². The molecule has 1 N–H and O–H groups in total. The standard InChI is InChI=1S/C22H17BrFN5OS/c1-14-2-5-17(6-3-14)29-21(15-8-10-25-11-9-15)27-28-22(29)31-13-20(30)26-19-7-4-16(23)12-18(19)24/h2-12H,13H2,1H3,(H,26,30). The number of rotatable bonds is 6. The molecule has 0 bridgehead atoms. The first-order chi connectivity index (χ1) is 15.0. The number of anilines is 1. The molecular weight excluding hydrogens is 481 g/mol. The molecule has 6 nitrogen and oxygen atoms in total. The summed E-state index contributed by atoms with van der Waals surface area (Å²) in [5.41, 5.74) is 3.00. The molecule has 4 rings (SSSR count). The van der Waals surface area contributed by atoms with Crippen molar-refractivity contribution in [3.8, 4) is 17.1 Å². The Bertz CT molecular complexity index is 1210. The van der Waals surface area contributed by atoms with Gasteiger partial charge in [0.1, 0.15) is 5.82 Å². The van der Waals surface area contributed by atoms with Crippen molar-refractivity contribution in [3.63, 3.8) is 0 Å². The molecule has 9 heteroatoms. The van der Waals surface area contributed by atoms with Gasteiger partial charge in [-0.15, -0.1) is 10.2 Å². The minimum atomic E-state index is -0.504. The van der Waals surface area contributed by atoms with Crippen LogP contribution in [0.2, 0.25) is 0 Å². The molecule has 2 aromatic heterocycles. The van der Waals surface area contributed by atoms with Crippen molar-refractivity contribution in [1.29, 1.82) is 0 Å². The van der Waals surface area contributed by atoms with Gasteiger partial charge in [-0.3, -0.25) is 14.3 Å². The summed E-state index contributed by atoms with van der Waals surface area (Å²) in [6, 6.07) is 16.1. The van der Waals surface area contributed by atoms with Crippen molar-refractivity contribution in [2.24, 2.45) is 0 Å². The molecule has 0 aliphatic carbocycles. The first kappa shape index (κ1) is 21.2. The summed E-state index contributed by atoms with van der Waals surface area (Å²) in [4.78, 5) is 16.5. The average molecular weight is 498 g/mol. The molecular formula is C22H17BrFN5OS. The molecule has 0 spiro atoms. The molecule has 0 aliphatic rings. The van der Waals surface area contributed by atoms with Crippen LogP contribution in [0.25, 0.3) is 17.1 Å².